The van der Waals surface area contributed by atoms with Gasteiger partial charge in [-0.1, -0.05) is 182 Å². The fourth-order valence-electron chi connectivity index (χ4n) is 19.9. The van der Waals surface area contributed by atoms with Gasteiger partial charge in [-0.25, -0.2) is 0 Å². The number of nitrogens with zero attached hydrogens (tertiary/aromatic N) is 6. The molecule has 1 saturated heterocycles. The molecular formula is C96H120N12O12. The predicted octanol–water partition coefficient (Wildman–Crippen LogP) is 8.13. The first-order valence-electron chi connectivity index (χ1n) is 43.6. The monoisotopic (exact) mass is 1630 g/mol. The maximum absolute atomic E-state index is 15.0. The van der Waals surface area contributed by atoms with Gasteiger partial charge in [0.05, 0.1) is 0 Å². The van der Waals surface area contributed by atoms with Crippen molar-refractivity contribution >= 4 is 70.9 Å². The first kappa shape index (κ1) is 86.8. The zero-order chi connectivity index (χ0) is 84.7. The van der Waals surface area contributed by atoms with E-state index < -0.39 is 71.8 Å². The Morgan fingerprint density at radius 1 is 0.200 bits per heavy atom. The van der Waals surface area contributed by atoms with Gasteiger partial charge in [0, 0.05) is 153 Å². The van der Waals surface area contributed by atoms with Crippen LogP contribution in [-0.2, 0) is 96.1 Å². The number of rotatable bonds is 12. The molecule has 12 amide bonds. The molecule has 6 aromatic carbocycles. The smallest absolute Gasteiger partial charge is 0.245 e. The van der Waals surface area contributed by atoms with Gasteiger partial charge in [-0.2, -0.15) is 0 Å². The van der Waals surface area contributed by atoms with Crippen molar-refractivity contribution in [3.63, 3.8) is 0 Å². The average molecular weight is 1630 g/mol. The highest BCUT2D eigenvalue weighted by Crippen LogP contribution is 2.37. The normalized spacial score (nSPS) is 29.9. The summed E-state index contributed by atoms with van der Waals surface area (Å²) in [7, 11) is 10.3. The number of amides is 12. The van der Waals surface area contributed by atoms with Gasteiger partial charge in [-0.3, -0.25) is 57.5 Å². The molecular weight excluding hydrogens is 1510 g/mol. The number of fused-ring (bicyclic) bond motifs is 12. The average Bonchev–Trinajstić information content (AvgIpc) is 1.70. The number of hydrogen-bond donors (Lipinski definition) is 6. The van der Waals surface area contributed by atoms with E-state index in [1.165, 1.54) is 0 Å². The highest BCUT2D eigenvalue weighted by Gasteiger charge is 2.46. The highest BCUT2D eigenvalue weighted by molar-refractivity contribution is 5.94. The van der Waals surface area contributed by atoms with Crippen LogP contribution in [0.15, 0.2) is 182 Å². The minimum absolute atomic E-state index is 0.198. The number of hydrogen-bond acceptors (Lipinski definition) is 12. The topological polar surface area (TPSA) is 296 Å². The zero-order valence-corrected chi connectivity index (χ0v) is 70.3. The summed E-state index contributed by atoms with van der Waals surface area (Å²) in [6, 6.07) is 48.7. The molecule has 24 nitrogen and oxygen atoms in total. The van der Waals surface area contributed by atoms with Crippen LogP contribution < -0.4 is 31.9 Å². The summed E-state index contributed by atoms with van der Waals surface area (Å²) in [5.74, 6) is -7.08. The van der Waals surface area contributed by atoms with Crippen molar-refractivity contribution in [1.29, 1.82) is 0 Å². The van der Waals surface area contributed by atoms with Gasteiger partial charge < -0.3 is 61.3 Å². The second kappa shape index (κ2) is 40.3. The molecule has 13 rings (SSSR count). The van der Waals surface area contributed by atoms with Crippen LogP contribution in [0.2, 0.25) is 0 Å². The number of benzene rings is 6. The fraction of sp³-hybridized carbons (Fsp3) is 0.500. The molecule has 7 fully saturated rings. The van der Waals surface area contributed by atoms with Crippen LogP contribution in [0.25, 0.3) is 0 Å². The van der Waals surface area contributed by atoms with Crippen molar-refractivity contribution in [2.24, 2.45) is 35.5 Å². The molecule has 6 saturated carbocycles. The van der Waals surface area contributed by atoms with Crippen molar-refractivity contribution < 1.29 is 57.5 Å². The zero-order valence-electron chi connectivity index (χ0n) is 70.3. The lowest BCUT2D eigenvalue weighted by Crippen LogP contribution is -2.53. The second-order valence-corrected chi connectivity index (χ2v) is 35.2. The molecule has 24 heteroatoms. The lowest BCUT2D eigenvalue weighted by Gasteiger charge is -2.32. The number of nitrogens with one attached hydrogen (secondary N) is 6. The fourth-order valence-corrected chi connectivity index (χ4v) is 19.9. The SMILES string of the molecule is CN1C(=O)[C@@H](Cc2ccccc2)NC(=O)[C@@H]2CC[C@@H](C2)N(C)C(=O)[C@@H](Cc2ccccc2)NC(=O)[C@@H]2CC[C@@H](C2)N(C)C(=O)[C@@H](Cc2ccccc2)NC(=O)[C@@H]2CC[C@@H](C2)N(C)C(=O)[C@@H](Cc2ccccc2)NC(=O)[C@@H]2CC[C@@H](C2)N(C)C(=O)[C@@H](Cc2ccccc2)NC(=O)[C@@H]2CC[C@@H](C2)N(C)C(=O)[C@@H](Cc2ccccc2)NC(=O)[C@@H]2CC[C@H]1C2. The van der Waals surface area contributed by atoms with Crippen LogP contribution in [0, 0.1) is 35.5 Å². The van der Waals surface area contributed by atoms with Gasteiger partial charge in [0.25, 0.3) is 0 Å². The Hall–Kier alpha value is -11.0. The summed E-state index contributed by atoms with van der Waals surface area (Å²) < 4.78 is 0. The van der Waals surface area contributed by atoms with Gasteiger partial charge in [0.1, 0.15) is 36.3 Å². The van der Waals surface area contributed by atoms with E-state index in [1.54, 1.807) is 71.7 Å². The molecule has 7 aliphatic rings. The van der Waals surface area contributed by atoms with Gasteiger partial charge in [-0.15, -0.1) is 0 Å². The van der Waals surface area contributed by atoms with Crippen molar-refractivity contribution in [3.8, 4) is 0 Å². The second-order valence-electron chi connectivity index (χ2n) is 35.2. The van der Waals surface area contributed by atoms with Crippen LogP contribution in [0.3, 0.4) is 0 Å². The number of likely N-dealkylation sites (N-methyl/N-ethyl adjacent to an activating group) is 6. The van der Waals surface area contributed by atoms with E-state index in [1.807, 2.05) is 182 Å². The van der Waals surface area contributed by atoms with Crippen LogP contribution in [0.5, 0.6) is 0 Å². The molecule has 0 unspecified atom stereocenters. The molecule has 0 spiro atoms. The van der Waals surface area contributed by atoms with E-state index >= 15 is 28.8 Å². The third-order valence-corrected chi connectivity index (χ3v) is 27.4. The standard InChI is InChI=1S/C96H120N12O12/c1-103-73-43-37-67(55-73)85(109)98-80(50-62-27-15-8-16-28-62)92(116)105(3)75-45-39-69(57-75)87(111)100-82(52-64-31-19-10-20-32-64)94(118)107(5)77-47-41-71(59-77)89(113)102-84(54-66-35-23-12-24-36-66)96(120)108(6)78-48-42-72(60-78)90(114)101-83(53-65-33-21-11-22-34-65)95(119)106(4)76-46-40-70(58-76)88(112)99-81(51-63-29-17-9-18-30-63)93(117)104(2)74-44-38-68(56-74)86(110)97-79(91(103)115)49-61-25-13-7-14-26-61/h7-36,67-84H,37-60H2,1-6H3,(H,97,110)(H,98,109)(H,99,112)(H,100,111)(H,101,114)(H,102,113)/t67-,68-,69-,70-,71-,72-,73+,74+,75+,76+,77+,78+,79-,80-,81-,82-,83-,84-/m1/s1. The van der Waals surface area contributed by atoms with Crippen LogP contribution in [0.4, 0.5) is 0 Å². The van der Waals surface area contributed by atoms with Crippen LogP contribution in [-0.4, -0.2) is 215 Å². The van der Waals surface area contributed by atoms with Gasteiger partial charge in [0.2, 0.25) is 70.9 Å². The third kappa shape index (κ3) is 21.8. The van der Waals surface area contributed by atoms with Gasteiger partial charge >= 0.3 is 0 Å². The number of carbonyl (C=O) groups excluding carboxylic acids is 12. The van der Waals surface area contributed by atoms with E-state index in [0.717, 1.165) is 33.4 Å². The number of carbonyl (C=O) groups is 12. The molecule has 6 aliphatic carbocycles. The first-order valence-corrected chi connectivity index (χ1v) is 43.6. The predicted molar refractivity (Wildman–Crippen MR) is 456 cm³/mol. The largest absolute Gasteiger partial charge is 0.344 e. The Labute approximate surface area is 705 Å². The summed E-state index contributed by atoms with van der Waals surface area (Å²) in [5, 5.41) is 18.9. The van der Waals surface area contributed by atoms with Crippen molar-refractivity contribution in [3.05, 3.63) is 215 Å². The minimum Gasteiger partial charge on any atom is -0.344 e. The van der Waals surface area contributed by atoms with Gasteiger partial charge in [-0.05, 0) is 149 Å². The van der Waals surface area contributed by atoms with E-state index in [4.69, 9.17) is 0 Å². The van der Waals surface area contributed by atoms with Crippen molar-refractivity contribution in [1.82, 2.24) is 61.3 Å². The molecule has 6 aromatic rings. The molecule has 636 valence electrons. The minimum atomic E-state index is -0.974. The molecule has 0 aromatic heterocycles. The molecule has 12 bridgehead atoms. The molecule has 120 heavy (non-hydrogen) atoms. The van der Waals surface area contributed by atoms with E-state index in [-0.39, 0.29) is 146 Å². The van der Waals surface area contributed by atoms with Crippen molar-refractivity contribution in [2.45, 2.75) is 227 Å². The summed E-state index contributed by atoms with van der Waals surface area (Å²) in [4.78, 5) is 189. The first-order chi connectivity index (χ1) is 57.9. The summed E-state index contributed by atoms with van der Waals surface area (Å²) >= 11 is 0. The molecule has 1 aliphatic heterocycles. The Balaban J connectivity index is 0.745. The lowest BCUT2D eigenvalue weighted by atomic mass is 10.00. The van der Waals surface area contributed by atoms with Crippen molar-refractivity contribution in [2.75, 3.05) is 42.3 Å². The van der Waals surface area contributed by atoms with Gasteiger partial charge in [0.15, 0.2) is 0 Å². The summed E-state index contributed by atoms with van der Waals surface area (Å²) in [6.07, 6.45) is 8.70. The third-order valence-electron chi connectivity index (χ3n) is 27.4. The van der Waals surface area contributed by atoms with Crippen LogP contribution >= 0.6 is 0 Å². The Morgan fingerprint density at radius 3 is 0.450 bits per heavy atom. The summed E-state index contributed by atoms with van der Waals surface area (Å²) in [5.41, 5.74) is 5.02. The maximum atomic E-state index is 15.0. The van der Waals surface area contributed by atoms with E-state index in [2.05, 4.69) is 31.9 Å². The van der Waals surface area contributed by atoms with E-state index in [0.29, 0.717) is 116 Å². The summed E-state index contributed by atoms with van der Waals surface area (Å²) in [6.45, 7) is 0. The Morgan fingerprint density at radius 2 is 0.325 bits per heavy atom. The van der Waals surface area contributed by atoms with Crippen LogP contribution in [0.1, 0.15) is 149 Å². The molecule has 0 radical (unpaired) electrons. The molecule has 18 atom stereocenters. The molecule has 6 N–H and O–H groups in total. The highest BCUT2D eigenvalue weighted by atomic mass is 16.2. The Kier molecular flexibility index (Phi) is 29.2. The van der Waals surface area contributed by atoms with E-state index in [9.17, 15) is 28.8 Å². The quantitative estimate of drug-likeness (QED) is 0.0677. The lowest BCUT2D eigenvalue weighted by molar-refractivity contribution is -0.139. The maximum Gasteiger partial charge on any atom is 0.245 e. The Bertz CT molecular complexity index is 3830. The molecule has 1 heterocycles.